The van der Waals surface area contributed by atoms with Crippen molar-refractivity contribution in [1.29, 1.82) is 0 Å². The number of para-hydroxylation sites is 1. The number of hydrogen-bond acceptors (Lipinski definition) is 5. The lowest BCUT2D eigenvalue weighted by molar-refractivity contribution is -0.130. The Kier molecular flexibility index (Phi) is 7.05. The van der Waals surface area contributed by atoms with Crippen LogP contribution < -0.4 is 4.74 Å². The first-order chi connectivity index (χ1) is 12.3. The summed E-state index contributed by atoms with van der Waals surface area (Å²) in [6.07, 6.45) is 0. The van der Waals surface area contributed by atoms with Gasteiger partial charge in [-0.3, -0.25) is 4.79 Å². The number of sulfonamides is 1. The molecule has 1 amide bonds. The monoisotopic (exact) mass is 416 g/mol. The second-order valence-corrected chi connectivity index (χ2v) is 9.60. The van der Waals surface area contributed by atoms with Crippen LogP contribution in [0.3, 0.4) is 0 Å². The van der Waals surface area contributed by atoms with Gasteiger partial charge >= 0.3 is 0 Å². The molecule has 0 aliphatic heterocycles. The highest BCUT2D eigenvalue weighted by molar-refractivity contribution is 7.91. The van der Waals surface area contributed by atoms with Crippen molar-refractivity contribution in [2.75, 3.05) is 27.2 Å². The number of carbonyl (C=O) groups excluding carboxylic acids is 1. The summed E-state index contributed by atoms with van der Waals surface area (Å²) in [5, 5.41) is 0. The van der Waals surface area contributed by atoms with Gasteiger partial charge in [-0.25, -0.2) is 8.42 Å². The average molecular weight is 417 g/mol. The summed E-state index contributed by atoms with van der Waals surface area (Å²) < 4.78 is 32.1. The number of carbonyl (C=O) groups is 1. The van der Waals surface area contributed by atoms with Crippen LogP contribution in [0, 0.1) is 0 Å². The molecule has 0 unspecified atom stereocenters. The third-order valence-electron chi connectivity index (χ3n) is 3.68. The number of nitrogens with zero attached hydrogens (tertiary/aromatic N) is 2. The molecule has 1 heterocycles. The molecule has 0 saturated carbocycles. The first-order valence-corrected chi connectivity index (χ1v) is 10.6. The highest BCUT2D eigenvalue weighted by Crippen LogP contribution is 2.27. The van der Waals surface area contributed by atoms with Crippen LogP contribution in [-0.4, -0.2) is 50.8 Å². The van der Waals surface area contributed by atoms with Gasteiger partial charge in [-0.15, -0.1) is 11.3 Å². The molecule has 0 radical (unpaired) electrons. The van der Waals surface area contributed by atoms with E-state index in [1.807, 2.05) is 31.2 Å². The number of ether oxygens (including phenoxy) is 1. The van der Waals surface area contributed by atoms with E-state index in [0.717, 1.165) is 21.2 Å². The van der Waals surface area contributed by atoms with Gasteiger partial charge in [0.05, 0.1) is 17.5 Å². The lowest BCUT2D eigenvalue weighted by Gasteiger charge is -2.22. The van der Waals surface area contributed by atoms with Crippen LogP contribution in [0.4, 0.5) is 0 Å². The molecular formula is C17H21ClN2O4S2. The zero-order chi connectivity index (χ0) is 19.3. The van der Waals surface area contributed by atoms with Gasteiger partial charge in [0.1, 0.15) is 9.96 Å². The largest absolute Gasteiger partial charge is 0.494 e. The third kappa shape index (κ3) is 4.97. The Balaban J connectivity index is 2.05. The Labute approximate surface area is 163 Å². The molecular weight excluding hydrogens is 396 g/mol. The molecule has 0 atom stereocenters. The minimum Gasteiger partial charge on any atom is -0.494 e. The average Bonchev–Trinajstić information content (AvgIpc) is 3.04. The van der Waals surface area contributed by atoms with Crippen molar-refractivity contribution >= 4 is 38.9 Å². The molecule has 9 heteroatoms. The predicted octanol–water partition coefficient (Wildman–Crippen LogP) is 3.08. The molecule has 0 fully saturated rings. The number of hydrogen-bond donors (Lipinski definition) is 0. The number of rotatable bonds is 8. The lowest BCUT2D eigenvalue weighted by Crippen LogP contribution is -2.38. The second kappa shape index (κ2) is 8.85. The van der Waals surface area contributed by atoms with Crippen LogP contribution in [-0.2, 0) is 21.4 Å². The van der Waals surface area contributed by atoms with E-state index in [-0.39, 0.29) is 16.7 Å². The van der Waals surface area contributed by atoms with E-state index >= 15 is 0 Å². The number of amides is 1. The van der Waals surface area contributed by atoms with Crippen molar-refractivity contribution in [2.45, 2.75) is 17.7 Å². The lowest BCUT2D eigenvalue weighted by atomic mass is 10.2. The fourth-order valence-corrected chi connectivity index (χ4v) is 5.07. The van der Waals surface area contributed by atoms with Crippen LogP contribution in [0.15, 0.2) is 40.6 Å². The molecule has 2 aromatic rings. The molecule has 26 heavy (non-hydrogen) atoms. The predicted molar refractivity (Wildman–Crippen MR) is 103 cm³/mol. The van der Waals surface area contributed by atoms with Crippen LogP contribution in [0.1, 0.15) is 12.5 Å². The summed E-state index contributed by atoms with van der Waals surface area (Å²) in [4.78, 5) is 13.9. The molecule has 142 valence electrons. The Hall–Kier alpha value is -1.61. The zero-order valence-corrected chi connectivity index (χ0v) is 17.2. The summed E-state index contributed by atoms with van der Waals surface area (Å²) in [6, 6.07) is 10.4. The van der Waals surface area contributed by atoms with Gasteiger partial charge in [-0.2, -0.15) is 4.31 Å². The Morgan fingerprint density at radius 2 is 1.88 bits per heavy atom. The summed E-state index contributed by atoms with van der Waals surface area (Å²) in [6.45, 7) is 2.49. The summed E-state index contributed by atoms with van der Waals surface area (Å²) in [5.41, 5.74) is 0.862. The number of likely N-dealkylation sites (N-methyl/N-ethyl adjacent to an activating group) is 2. The van der Waals surface area contributed by atoms with Gasteiger partial charge in [0.25, 0.3) is 10.0 Å². The molecule has 0 N–H and O–H groups in total. The summed E-state index contributed by atoms with van der Waals surface area (Å²) in [5.74, 6) is 0.397. The van der Waals surface area contributed by atoms with Crippen LogP contribution in [0.5, 0.6) is 5.75 Å². The van der Waals surface area contributed by atoms with Crippen molar-refractivity contribution in [3.8, 4) is 5.75 Å². The number of halogens is 1. The van der Waals surface area contributed by atoms with Crippen molar-refractivity contribution < 1.29 is 17.9 Å². The van der Waals surface area contributed by atoms with Gasteiger partial charge in [0, 0.05) is 26.2 Å². The highest BCUT2D eigenvalue weighted by Gasteiger charge is 2.26. The van der Waals surface area contributed by atoms with E-state index < -0.39 is 10.0 Å². The molecule has 0 bridgehead atoms. The highest BCUT2D eigenvalue weighted by atomic mass is 35.5. The summed E-state index contributed by atoms with van der Waals surface area (Å²) in [7, 11) is -0.731. The molecule has 1 aromatic heterocycles. The van der Waals surface area contributed by atoms with Crippen molar-refractivity contribution in [3.05, 3.63) is 46.3 Å². The van der Waals surface area contributed by atoms with Crippen LogP contribution in [0.25, 0.3) is 0 Å². The number of benzene rings is 1. The Morgan fingerprint density at radius 1 is 1.19 bits per heavy atom. The quantitative estimate of drug-likeness (QED) is 0.663. The van der Waals surface area contributed by atoms with E-state index in [4.69, 9.17) is 16.3 Å². The SMILES string of the molecule is CCOc1ccccc1CN(C)C(=O)CN(C)S(=O)(=O)c1ccc(Cl)s1. The third-order valence-corrected chi connectivity index (χ3v) is 7.18. The van der Waals surface area contributed by atoms with Crippen molar-refractivity contribution in [3.63, 3.8) is 0 Å². The maximum atomic E-state index is 12.5. The van der Waals surface area contributed by atoms with Gasteiger partial charge < -0.3 is 9.64 Å². The fourth-order valence-electron chi connectivity index (χ4n) is 2.26. The van der Waals surface area contributed by atoms with E-state index in [1.165, 1.54) is 24.1 Å². The molecule has 0 aliphatic rings. The first-order valence-electron chi connectivity index (χ1n) is 7.92. The molecule has 1 aromatic carbocycles. The zero-order valence-electron chi connectivity index (χ0n) is 14.8. The molecule has 2 rings (SSSR count). The van der Waals surface area contributed by atoms with E-state index in [1.54, 1.807) is 7.05 Å². The van der Waals surface area contributed by atoms with Gasteiger partial charge in [0.2, 0.25) is 5.91 Å². The molecule has 0 aliphatic carbocycles. The van der Waals surface area contributed by atoms with Crippen LogP contribution >= 0.6 is 22.9 Å². The first kappa shape index (κ1) is 20.7. The van der Waals surface area contributed by atoms with Crippen LogP contribution in [0.2, 0.25) is 4.34 Å². The maximum absolute atomic E-state index is 12.5. The van der Waals surface area contributed by atoms with Crippen molar-refractivity contribution in [2.24, 2.45) is 0 Å². The van der Waals surface area contributed by atoms with Gasteiger partial charge in [-0.05, 0) is 25.1 Å². The van der Waals surface area contributed by atoms with Gasteiger partial charge in [0.15, 0.2) is 0 Å². The Bertz CT molecular complexity index is 867. The normalized spacial score (nSPS) is 11.6. The minimum absolute atomic E-state index is 0.113. The minimum atomic E-state index is -3.74. The second-order valence-electron chi connectivity index (χ2n) is 5.61. The maximum Gasteiger partial charge on any atom is 0.252 e. The van der Waals surface area contributed by atoms with E-state index in [2.05, 4.69) is 0 Å². The summed E-state index contributed by atoms with van der Waals surface area (Å²) >= 11 is 6.77. The van der Waals surface area contributed by atoms with E-state index in [9.17, 15) is 13.2 Å². The molecule has 6 nitrogen and oxygen atoms in total. The smallest absolute Gasteiger partial charge is 0.252 e. The van der Waals surface area contributed by atoms with Crippen molar-refractivity contribution in [1.82, 2.24) is 9.21 Å². The Morgan fingerprint density at radius 3 is 2.50 bits per heavy atom. The van der Waals surface area contributed by atoms with E-state index in [0.29, 0.717) is 23.2 Å². The standard InChI is InChI=1S/C17H21ClN2O4S2/c1-4-24-14-8-6-5-7-13(14)11-19(2)16(21)12-20(3)26(22,23)17-10-9-15(18)25-17/h5-10H,4,11-12H2,1-3H3. The van der Waals surface area contributed by atoms with Gasteiger partial charge in [-0.1, -0.05) is 29.8 Å². The molecule has 0 spiro atoms. The topological polar surface area (TPSA) is 66.9 Å². The number of thiophene rings is 1. The molecule has 0 saturated heterocycles. The fraction of sp³-hybridized carbons (Fsp3) is 0.353.